The monoisotopic (exact) mass is 487 g/mol. The van der Waals surface area contributed by atoms with Crippen molar-refractivity contribution in [3.8, 4) is 0 Å². The Hall–Kier alpha value is -3.44. The summed E-state index contributed by atoms with van der Waals surface area (Å²) in [6, 6.07) is 21.5. The molecule has 0 radical (unpaired) electrons. The second-order valence-corrected chi connectivity index (χ2v) is 9.52. The highest BCUT2D eigenvalue weighted by atomic mass is 35.5. The van der Waals surface area contributed by atoms with Crippen LogP contribution in [0.3, 0.4) is 0 Å². The quantitative estimate of drug-likeness (QED) is 0.434. The first-order chi connectivity index (χ1) is 16.8. The topological polar surface area (TPSA) is 61.8 Å². The van der Waals surface area contributed by atoms with Gasteiger partial charge in [0.2, 0.25) is 5.91 Å². The van der Waals surface area contributed by atoms with Crippen molar-refractivity contribution >= 4 is 40.5 Å². The SMILES string of the molecule is CC[C@@H](C(=O)Nc1ccc(C(C)C)cc1)N1C(=O)[C@H](C)N=C(c2ccccc2)c2cc(Cl)ccc21. The van der Waals surface area contributed by atoms with Crippen molar-refractivity contribution in [1.82, 2.24) is 0 Å². The molecule has 1 heterocycles. The number of hydrogen-bond donors (Lipinski definition) is 1. The molecule has 180 valence electrons. The van der Waals surface area contributed by atoms with E-state index in [1.54, 1.807) is 24.0 Å². The molecule has 0 aromatic heterocycles. The summed E-state index contributed by atoms with van der Waals surface area (Å²) in [5, 5.41) is 3.54. The molecule has 0 saturated heterocycles. The number of benzodiazepines with no additional fused rings is 1. The maximum Gasteiger partial charge on any atom is 0.252 e. The van der Waals surface area contributed by atoms with Gasteiger partial charge in [0.15, 0.2) is 0 Å². The fourth-order valence-electron chi connectivity index (χ4n) is 4.36. The van der Waals surface area contributed by atoms with Crippen LogP contribution in [-0.4, -0.2) is 29.6 Å². The zero-order valence-electron chi connectivity index (χ0n) is 20.5. The number of aliphatic imine (C=N–C) groups is 1. The zero-order valence-corrected chi connectivity index (χ0v) is 21.2. The minimum Gasteiger partial charge on any atom is -0.324 e. The van der Waals surface area contributed by atoms with Crippen LogP contribution in [0.1, 0.15) is 56.7 Å². The third-order valence-electron chi connectivity index (χ3n) is 6.28. The van der Waals surface area contributed by atoms with E-state index in [0.29, 0.717) is 34.4 Å². The average Bonchev–Trinajstić information content (AvgIpc) is 2.95. The Kier molecular flexibility index (Phi) is 7.37. The smallest absolute Gasteiger partial charge is 0.252 e. The molecular formula is C29H30ClN3O2. The van der Waals surface area contributed by atoms with E-state index in [2.05, 4.69) is 19.2 Å². The van der Waals surface area contributed by atoms with Gasteiger partial charge in [0.05, 0.1) is 11.4 Å². The van der Waals surface area contributed by atoms with Gasteiger partial charge in [-0.2, -0.15) is 0 Å². The number of halogens is 1. The van der Waals surface area contributed by atoms with Gasteiger partial charge in [-0.15, -0.1) is 0 Å². The first-order valence-electron chi connectivity index (χ1n) is 12.0. The molecule has 1 aliphatic rings. The van der Waals surface area contributed by atoms with E-state index >= 15 is 0 Å². The molecule has 6 heteroatoms. The molecule has 1 N–H and O–H groups in total. The average molecular weight is 488 g/mol. The lowest BCUT2D eigenvalue weighted by molar-refractivity contribution is -0.124. The Morgan fingerprint density at radius 1 is 1.06 bits per heavy atom. The van der Waals surface area contributed by atoms with Crippen LogP contribution in [-0.2, 0) is 9.59 Å². The van der Waals surface area contributed by atoms with Crippen LogP contribution in [0.5, 0.6) is 0 Å². The largest absolute Gasteiger partial charge is 0.324 e. The Labute approximate surface area is 211 Å². The van der Waals surface area contributed by atoms with Gasteiger partial charge >= 0.3 is 0 Å². The van der Waals surface area contributed by atoms with Gasteiger partial charge in [0.25, 0.3) is 5.91 Å². The number of rotatable bonds is 6. The molecule has 5 nitrogen and oxygen atoms in total. The lowest BCUT2D eigenvalue weighted by atomic mass is 9.99. The van der Waals surface area contributed by atoms with Crippen LogP contribution in [0.2, 0.25) is 5.02 Å². The van der Waals surface area contributed by atoms with Crippen molar-refractivity contribution in [3.63, 3.8) is 0 Å². The molecule has 4 rings (SSSR count). The van der Waals surface area contributed by atoms with E-state index < -0.39 is 12.1 Å². The summed E-state index contributed by atoms with van der Waals surface area (Å²) in [7, 11) is 0. The first kappa shape index (κ1) is 24.7. The van der Waals surface area contributed by atoms with Crippen molar-refractivity contribution < 1.29 is 9.59 Å². The Morgan fingerprint density at radius 2 is 1.74 bits per heavy atom. The van der Waals surface area contributed by atoms with Crippen molar-refractivity contribution in [2.75, 3.05) is 10.2 Å². The van der Waals surface area contributed by atoms with E-state index in [4.69, 9.17) is 16.6 Å². The van der Waals surface area contributed by atoms with Crippen molar-refractivity contribution in [1.29, 1.82) is 0 Å². The second-order valence-electron chi connectivity index (χ2n) is 9.08. The highest BCUT2D eigenvalue weighted by Gasteiger charge is 2.37. The molecule has 35 heavy (non-hydrogen) atoms. The van der Waals surface area contributed by atoms with Crippen LogP contribution in [0.25, 0.3) is 0 Å². The van der Waals surface area contributed by atoms with Gasteiger partial charge in [-0.3, -0.25) is 19.5 Å². The van der Waals surface area contributed by atoms with Gasteiger partial charge in [-0.1, -0.05) is 74.8 Å². The summed E-state index contributed by atoms with van der Waals surface area (Å²) in [4.78, 5) is 33.5. The lowest BCUT2D eigenvalue weighted by Gasteiger charge is -2.31. The number of carbonyl (C=O) groups excluding carboxylic acids is 2. The number of nitrogens with one attached hydrogen (secondary N) is 1. The highest BCUT2D eigenvalue weighted by molar-refractivity contribution is 6.32. The number of nitrogens with zero attached hydrogens (tertiary/aromatic N) is 2. The van der Waals surface area contributed by atoms with E-state index in [0.717, 1.165) is 11.1 Å². The van der Waals surface area contributed by atoms with Crippen LogP contribution < -0.4 is 10.2 Å². The summed E-state index contributed by atoms with van der Waals surface area (Å²) in [6.45, 7) is 7.93. The molecule has 0 bridgehead atoms. The molecule has 0 fully saturated rings. The summed E-state index contributed by atoms with van der Waals surface area (Å²) < 4.78 is 0. The van der Waals surface area contributed by atoms with Crippen molar-refractivity contribution in [2.45, 2.75) is 52.1 Å². The normalized spacial score (nSPS) is 16.4. The predicted octanol–water partition coefficient (Wildman–Crippen LogP) is 6.45. The third-order valence-corrected chi connectivity index (χ3v) is 6.52. The molecule has 3 aromatic rings. The number of amides is 2. The standard InChI is InChI=1S/C29H30ClN3O2/c1-5-25(28(34)32-23-14-11-20(12-15-23)18(2)3)33-26-16-13-22(30)17-24(26)27(31-19(4)29(33)35)21-9-7-6-8-10-21/h6-19,25H,5H2,1-4H3,(H,32,34)/t19-,25-/m0/s1. The van der Waals surface area contributed by atoms with Crippen LogP contribution >= 0.6 is 11.6 Å². The maximum absolute atomic E-state index is 13.7. The minimum atomic E-state index is -0.708. The molecule has 0 unspecified atom stereocenters. The maximum atomic E-state index is 13.7. The van der Waals surface area contributed by atoms with Crippen LogP contribution in [0, 0.1) is 0 Å². The molecule has 1 aliphatic heterocycles. The Balaban J connectivity index is 1.74. The fourth-order valence-corrected chi connectivity index (χ4v) is 4.53. The molecule has 2 atom stereocenters. The molecule has 2 amide bonds. The van der Waals surface area contributed by atoms with Gasteiger partial charge in [-0.25, -0.2) is 0 Å². The fraction of sp³-hybridized carbons (Fsp3) is 0.276. The Bertz CT molecular complexity index is 1250. The Morgan fingerprint density at radius 3 is 2.37 bits per heavy atom. The van der Waals surface area contributed by atoms with Gasteiger partial charge in [-0.05, 0) is 55.2 Å². The zero-order chi connectivity index (χ0) is 25.1. The van der Waals surface area contributed by atoms with Crippen molar-refractivity contribution in [2.24, 2.45) is 4.99 Å². The summed E-state index contributed by atoms with van der Waals surface area (Å²) in [6.07, 6.45) is 0.442. The van der Waals surface area contributed by atoms with Crippen LogP contribution in [0.15, 0.2) is 77.8 Å². The van der Waals surface area contributed by atoms with E-state index in [-0.39, 0.29) is 11.8 Å². The molecule has 0 spiro atoms. The van der Waals surface area contributed by atoms with Crippen molar-refractivity contribution in [3.05, 3.63) is 94.5 Å². The number of benzene rings is 3. The lowest BCUT2D eigenvalue weighted by Crippen LogP contribution is -2.50. The molecule has 0 aliphatic carbocycles. The van der Waals surface area contributed by atoms with E-state index in [1.807, 2.05) is 67.6 Å². The number of carbonyl (C=O) groups is 2. The van der Waals surface area contributed by atoms with Crippen LogP contribution in [0.4, 0.5) is 11.4 Å². The summed E-state index contributed by atoms with van der Waals surface area (Å²) in [5.41, 5.74) is 4.83. The first-order valence-corrected chi connectivity index (χ1v) is 12.3. The van der Waals surface area contributed by atoms with E-state index in [1.165, 1.54) is 5.56 Å². The second kappa shape index (κ2) is 10.4. The highest BCUT2D eigenvalue weighted by Crippen LogP contribution is 2.33. The number of anilines is 2. The summed E-state index contributed by atoms with van der Waals surface area (Å²) in [5.74, 6) is -0.0624. The van der Waals surface area contributed by atoms with Gasteiger partial charge < -0.3 is 5.32 Å². The van der Waals surface area contributed by atoms with E-state index in [9.17, 15) is 9.59 Å². The number of hydrogen-bond acceptors (Lipinski definition) is 3. The molecule has 0 saturated carbocycles. The number of fused-ring (bicyclic) bond motifs is 1. The minimum absolute atomic E-state index is 0.225. The van der Waals surface area contributed by atoms with Gasteiger partial charge in [0.1, 0.15) is 12.1 Å². The van der Waals surface area contributed by atoms with Gasteiger partial charge in [0, 0.05) is 21.8 Å². The predicted molar refractivity (Wildman–Crippen MR) is 144 cm³/mol. The third kappa shape index (κ3) is 5.15. The molecular weight excluding hydrogens is 458 g/mol. The summed E-state index contributed by atoms with van der Waals surface area (Å²) >= 11 is 6.38. The molecule has 3 aromatic carbocycles.